The van der Waals surface area contributed by atoms with Crippen molar-refractivity contribution < 1.29 is 14.3 Å². The lowest BCUT2D eigenvalue weighted by Crippen LogP contribution is -2.29. The van der Waals surface area contributed by atoms with Crippen molar-refractivity contribution in [3.05, 3.63) is 64.8 Å². The molecule has 0 atom stereocenters. The molecule has 2 N–H and O–H groups in total. The van der Waals surface area contributed by atoms with Crippen LogP contribution in [0.1, 0.15) is 20.8 Å². The van der Waals surface area contributed by atoms with Crippen LogP contribution < -0.4 is 10.1 Å². The second kappa shape index (κ2) is 6.76. The monoisotopic (exact) mass is 342 g/mol. The van der Waals surface area contributed by atoms with Crippen LogP contribution in [0.4, 0.5) is 0 Å². The summed E-state index contributed by atoms with van der Waals surface area (Å²) >= 11 is 5.93. The van der Waals surface area contributed by atoms with Crippen molar-refractivity contribution in [1.29, 1.82) is 0 Å². The van der Waals surface area contributed by atoms with Gasteiger partial charge in [-0.25, -0.2) is 0 Å². The van der Waals surface area contributed by atoms with Crippen molar-refractivity contribution >= 4 is 34.2 Å². The number of ether oxygens (including phenoxy) is 1. The summed E-state index contributed by atoms with van der Waals surface area (Å²) < 4.78 is 5.05. The highest BCUT2D eigenvalue weighted by Gasteiger charge is 2.12. The fourth-order valence-corrected chi connectivity index (χ4v) is 2.54. The standard InChI is InChI=1S/C18H15ClN2O3/c1-24-14-5-2-11(3-6-14)17(22)10-20-18(23)16-9-12-8-13(19)4-7-15(12)21-16/h2-9,21H,10H2,1H3,(H,20,23). The van der Waals surface area contributed by atoms with E-state index >= 15 is 0 Å². The number of aromatic nitrogens is 1. The minimum atomic E-state index is -0.343. The quantitative estimate of drug-likeness (QED) is 0.698. The zero-order valence-corrected chi connectivity index (χ0v) is 13.7. The molecular weight excluding hydrogens is 328 g/mol. The maximum Gasteiger partial charge on any atom is 0.268 e. The summed E-state index contributed by atoms with van der Waals surface area (Å²) in [7, 11) is 1.56. The maximum atomic E-state index is 12.2. The lowest BCUT2D eigenvalue weighted by atomic mass is 10.1. The molecule has 0 fully saturated rings. The van der Waals surface area contributed by atoms with Gasteiger partial charge in [0.15, 0.2) is 5.78 Å². The second-order valence-electron chi connectivity index (χ2n) is 5.25. The molecule has 0 radical (unpaired) electrons. The number of carbonyl (C=O) groups is 2. The van der Waals surface area contributed by atoms with Crippen molar-refractivity contribution in [2.45, 2.75) is 0 Å². The number of hydrogen-bond donors (Lipinski definition) is 2. The maximum absolute atomic E-state index is 12.2. The Bertz CT molecular complexity index is 900. The van der Waals surface area contributed by atoms with Gasteiger partial charge in [-0.05, 0) is 48.5 Å². The van der Waals surface area contributed by atoms with Crippen molar-refractivity contribution in [3.63, 3.8) is 0 Å². The molecule has 6 heteroatoms. The number of methoxy groups -OCH3 is 1. The van der Waals surface area contributed by atoms with Crippen molar-refractivity contribution in [3.8, 4) is 5.75 Å². The highest BCUT2D eigenvalue weighted by Crippen LogP contribution is 2.20. The van der Waals surface area contributed by atoms with Gasteiger partial charge >= 0.3 is 0 Å². The Kier molecular flexibility index (Phi) is 4.53. The molecule has 24 heavy (non-hydrogen) atoms. The number of Topliss-reactive ketones (excluding diaryl/α,β-unsaturated/α-hetero) is 1. The molecular formula is C18H15ClN2O3. The van der Waals surface area contributed by atoms with E-state index in [0.29, 0.717) is 22.0 Å². The molecule has 0 saturated carbocycles. The fourth-order valence-electron chi connectivity index (χ4n) is 2.36. The van der Waals surface area contributed by atoms with Crippen LogP contribution in [0, 0.1) is 0 Å². The number of H-pyrrole nitrogens is 1. The predicted octanol–water partition coefficient (Wildman–Crippen LogP) is 3.44. The van der Waals surface area contributed by atoms with E-state index in [1.807, 2.05) is 0 Å². The van der Waals surface area contributed by atoms with Crippen LogP contribution in [-0.2, 0) is 0 Å². The largest absolute Gasteiger partial charge is 0.497 e. The Balaban J connectivity index is 1.66. The minimum Gasteiger partial charge on any atom is -0.497 e. The van der Waals surface area contributed by atoms with Crippen LogP contribution >= 0.6 is 11.6 Å². The van der Waals surface area contributed by atoms with Gasteiger partial charge in [0.05, 0.1) is 13.7 Å². The number of halogens is 1. The third kappa shape index (κ3) is 3.41. The van der Waals surface area contributed by atoms with E-state index in [1.54, 1.807) is 55.6 Å². The molecule has 122 valence electrons. The Morgan fingerprint density at radius 3 is 2.58 bits per heavy atom. The summed E-state index contributed by atoms with van der Waals surface area (Å²) in [5, 5.41) is 4.06. The van der Waals surface area contributed by atoms with Crippen molar-refractivity contribution in [2.75, 3.05) is 13.7 Å². The number of fused-ring (bicyclic) bond motifs is 1. The fraction of sp³-hybridized carbons (Fsp3) is 0.111. The van der Waals surface area contributed by atoms with Crippen LogP contribution in [0.5, 0.6) is 5.75 Å². The summed E-state index contributed by atoms with van der Waals surface area (Å²) in [6.45, 7) is -0.0821. The zero-order valence-electron chi connectivity index (χ0n) is 12.9. The first kappa shape index (κ1) is 16.1. The van der Waals surface area contributed by atoms with Crippen LogP contribution in [0.15, 0.2) is 48.5 Å². The van der Waals surface area contributed by atoms with E-state index in [0.717, 1.165) is 10.9 Å². The number of amides is 1. The highest BCUT2D eigenvalue weighted by molar-refractivity contribution is 6.31. The molecule has 1 aromatic heterocycles. The normalized spacial score (nSPS) is 10.6. The molecule has 0 aliphatic rings. The smallest absolute Gasteiger partial charge is 0.268 e. The molecule has 1 heterocycles. The molecule has 0 saturated heterocycles. The molecule has 0 unspecified atom stereocenters. The van der Waals surface area contributed by atoms with Gasteiger partial charge in [-0.1, -0.05) is 11.6 Å². The molecule has 2 aromatic carbocycles. The van der Waals surface area contributed by atoms with Gasteiger partial charge in [0, 0.05) is 21.5 Å². The van der Waals surface area contributed by atoms with Crippen LogP contribution in [0.2, 0.25) is 5.02 Å². The number of nitrogens with one attached hydrogen (secondary N) is 2. The van der Waals surface area contributed by atoms with Gasteiger partial charge < -0.3 is 15.0 Å². The lowest BCUT2D eigenvalue weighted by Gasteiger charge is -2.04. The van der Waals surface area contributed by atoms with Crippen molar-refractivity contribution in [2.24, 2.45) is 0 Å². The predicted molar refractivity (Wildman–Crippen MR) is 93.0 cm³/mol. The van der Waals surface area contributed by atoms with Gasteiger partial charge in [-0.15, -0.1) is 0 Å². The summed E-state index contributed by atoms with van der Waals surface area (Å²) in [6.07, 6.45) is 0. The molecule has 0 spiro atoms. The summed E-state index contributed by atoms with van der Waals surface area (Å²) in [4.78, 5) is 27.3. The molecule has 5 nitrogen and oxygen atoms in total. The van der Waals surface area contributed by atoms with Crippen LogP contribution in [0.25, 0.3) is 10.9 Å². The van der Waals surface area contributed by atoms with Gasteiger partial charge in [0.25, 0.3) is 5.91 Å². The Hall–Kier alpha value is -2.79. The molecule has 3 rings (SSSR count). The number of hydrogen-bond acceptors (Lipinski definition) is 3. The number of carbonyl (C=O) groups excluding carboxylic acids is 2. The Morgan fingerprint density at radius 1 is 1.12 bits per heavy atom. The van der Waals surface area contributed by atoms with Gasteiger partial charge in [0.2, 0.25) is 0 Å². The average molecular weight is 343 g/mol. The minimum absolute atomic E-state index is 0.0821. The van der Waals surface area contributed by atoms with Crippen LogP contribution in [-0.4, -0.2) is 30.3 Å². The van der Waals surface area contributed by atoms with E-state index in [1.165, 1.54) is 0 Å². The molecule has 0 aliphatic carbocycles. The topological polar surface area (TPSA) is 71.2 Å². The third-order valence-corrected chi connectivity index (χ3v) is 3.88. The van der Waals surface area contributed by atoms with E-state index in [-0.39, 0.29) is 18.2 Å². The van der Waals surface area contributed by atoms with E-state index in [4.69, 9.17) is 16.3 Å². The van der Waals surface area contributed by atoms with E-state index in [2.05, 4.69) is 10.3 Å². The number of ketones is 1. The van der Waals surface area contributed by atoms with E-state index < -0.39 is 0 Å². The van der Waals surface area contributed by atoms with Crippen molar-refractivity contribution in [1.82, 2.24) is 10.3 Å². The average Bonchev–Trinajstić information content (AvgIpc) is 3.02. The molecule has 0 aliphatic heterocycles. The lowest BCUT2D eigenvalue weighted by molar-refractivity contribution is 0.0901. The van der Waals surface area contributed by atoms with E-state index in [9.17, 15) is 9.59 Å². The van der Waals surface area contributed by atoms with Gasteiger partial charge in [-0.2, -0.15) is 0 Å². The molecule has 1 amide bonds. The zero-order chi connectivity index (χ0) is 17.1. The van der Waals surface area contributed by atoms with Gasteiger partial charge in [-0.3, -0.25) is 9.59 Å². The first-order chi connectivity index (χ1) is 11.6. The van der Waals surface area contributed by atoms with Crippen LogP contribution in [0.3, 0.4) is 0 Å². The third-order valence-electron chi connectivity index (χ3n) is 3.65. The second-order valence-corrected chi connectivity index (χ2v) is 5.69. The SMILES string of the molecule is COc1ccc(C(=O)CNC(=O)c2cc3cc(Cl)ccc3[nH]2)cc1. The number of rotatable bonds is 5. The summed E-state index contributed by atoms with van der Waals surface area (Å²) in [5.74, 6) is 0.154. The first-order valence-electron chi connectivity index (χ1n) is 7.30. The first-order valence-corrected chi connectivity index (χ1v) is 7.68. The Morgan fingerprint density at radius 2 is 1.88 bits per heavy atom. The number of benzene rings is 2. The number of aromatic amines is 1. The Labute approximate surface area is 143 Å². The molecule has 0 bridgehead atoms. The summed E-state index contributed by atoms with van der Waals surface area (Å²) in [5.41, 5.74) is 1.71. The molecule has 3 aromatic rings. The van der Waals surface area contributed by atoms with Gasteiger partial charge in [0.1, 0.15) is 11.4 Å². The summed E-state index contributed by atoms with van der Waals surface area (Å²) in [6, 6.07) is 13.8. The highest BCUT2D eigenvalue weighted by atomic mass is 35.5.